The molecule has 2 rings (SSSR count). The highest BCUT2D eigenvalue weighted by atomic mass is 16.2. The fourth-order valence-corrected chi connectivity index (χ4v) is 2.31. The second kappa shape index (κ2) is 5.52. The number of rotatable bonds is 4. The van der Waals surface area contributed by atoms with Gasteiger partial charge in [-0.05, 0) is 18.8 Å². The molecule has 1 saturated heterocycles. The lowest BCUT2D eigenvalue weighted by Gasteiger charge is -2.34. The summed E-state index contributed by atoms with van der Waals surface area (Å²) in [5, 5.41) is 0. The van der Waals surface area contributed by atoms with Gasteiger partial charge in [-0.15, -0.1) is 6.42 Å². The second-order valence-electron chi connectivity index (χ2n) is 5.07. The Balaban J connectivity index is 1.72. The van der Waals surface area contributed by atoms with Gasteiger partial charge in [0.05, 0.1) is 6.54 Å². The molecule has 4 heteroatoms. The zero-order valence-corrected chi connectivity index (χ0v) is 10.3. The van der Waals surface area contributed by atoms with E-state index in [1.807, 2.05) is 4.90 Å². The van der Waals surface area contributed by atoms with Gasteiger partial charge in [-0.3, -0.25) is 9.69 Å². The lowest BCUT2D eigenvalue weighted by atomic mass is 10.1. The van der Waals surface area contributed by atoms with Gasteiger partial charge in [-0.2, -0.15) is 0 Å². The van der Waals surface area contributed by atoms with Crippen LogP contribution in [0.25, 0.3) is 0 Å². The van der Waals surface area contributed by atoms with Crippen molar-refractivity contribution in [2.75, 3.05) is 32.7 Å². The summed E-state index contributed by atoms with van der Waals surface area (Å²) in [6.07, 6.45) is 8.18. The number of piperazine rings is 1. The molecule has 1 amide bonds. The Hall–Kier alpha value is -1.05. The third-order valence-corrected chi connectivity index (χ3v) is 3.68. The van der Waals surface area contributed by atoms with Crippen molar-refractivity contribution < 1.29 is 4.79 Å². The molecular formula is C13H21N3O. The zero-order chi connectivity index (χ0) is 12.3. The monoisotopic (exact) mass is 235 g/mol. The summed E-state index contributed by atoms with van der Waals surface area (Å²) in [5.41, 5.74) is 5.98. The van der Waals surface area contributed by atoms with E-state index in [0.29, 0.717) is 18.9 Å². The number of nitrogens with zero attached hydrogens (tertiary/aromatic N) is 2. The van der Waals surface area contributed by atoms with Gasteiger partial charge in [0, 0.05) is 38.6 Å². The van der Waals surface area contributed by atoms with E-state index < -0.39 is 0 Å². The summed E-state index contributed by atoms with van der Waals surface area (Å²) in [5.74, 6) is 3.45. The molecule has 17 heavy (non-hydrogen) atoms. The zero-order valence-electron chi connectivity index (χ0n) is 10.3. The van der Waals surface area contributed by atoms with Crippen molar-refractivity contribution in [2.45, 2.75) is 25.3 Å². The van der Waals surface area contributed by atoms with Crippen LogP contribution in [0.2, 0.25) is 0 Å². The Morgan fingerprint density at radius 3 is 2.53 bits per heavy atom. The topological polar surface area (TPSA) is 49.6 Å². The van der Waals surface area contributed by atoms with Crippen molar-refractivity contribution in [3.8, 4) is 12.3 Å². The Morgan fingerprint density at radius 1 is 1.35 bits per heavy atom. The van der Waals surface area contributed by atoms with Gasteiger partial charge < -0.3 is 10.6 Å². The van der Waals surface area contributed by atoms with Gasteiger partial charge in [-0.1, -0.05) is 5.92 Å². The second-order valence-corrected chi connectivity index (χ2v) is 5.07. The van der Waals surface area contributed by atoms with Crippen molar-refractivity contribution in [3.63, 3.8) is 0 Å². The maximum Gasteiger partial charge on any atom is 0.224 e. The Morgan fingerprint density at radius 2 is 2.00 bits per heavy atom. The minimum Gasteiger partial charge on any atom is -0.340 e. The molecule has 2 N–H and O–H groups in total. The molecule has 1 atom stereocenters. The molecule has 0 aromatic carbocycles. The van der Waals surface area contributed by atoms with Gasteiger partial charge in [0.15, 0.2) is 0 Å². The first kappa shape index (κ1) is 12.4. The molecule has 2 fully saturated rings. The molecule has 0 aromatic rings. The summed E-state index contributed by atoms with van der Waals surface area (Å²) >= 11 is 0. The lowest BCUT2D eigenvalue weighted by molar-refractivity contribution is -0.133. The normalized spacial score (nSPS) is 23.2. The molecule has 1 saturated carbocycles. The average molecular weight is 235 g/mol. The fraction of sp³-hybridized carbons (Fsp3) is 0.769. The first-order chi connectivity index (χ1) is 8.20. The van der Waals surface area contributed by atoms with Crippen LogP contribution in [0.1, 0.15) is 19.3 Å². The fourth-order valence-electron chi connectivity index (χ4n) is 2.31. The first-order valence-electron chi connectivity index (χ1n) is 6.40. The van der Waals surface area contributed by atoms with E-state index >= 15 is 0 Å². The number of hydrogen-bond acceptors (Lipinski definition) is 3. The number of carbonyl (C=O) groups excluding carboxylic acids is 1. The number of terminal acetylenes is 1. The number of hydrogen-bond donors (Lipinski definition) is 1. The third-order valence-electron chi connectivity index (χ3n) is 3.68. The van der Waals surface area contributed by atoms with Crippen LogP contribution in [-0.4, -0.2) is 54.5 Å². The maximum absolute atomic E-state index is 12.0. The summed E-state index contributed by atoms with van der Waals surface area (Å²) in [6.45, 7) is 4.03. The highest BCUT2D eigenvalue weighted by molar-refractivity contribution is 5.77. The average Bonchev–Trinajstić information content (AvgIpc) is 3.14. The number of amides is 1. The van der Waals surface area contributed by atoms with Gasteiger partial charge in [0.1, 0.15) is 0 Å². The van der Waals surface area contributed by atoms with Crippen molar-refractivity contribution in [2.24, 2.45) is 11.7 Å². The minimum atomic E-state index is 0.0752. The van der Waals surface area contributed by atoms with E-state index in [-0.39, 0.29) is 11.9 Å². The minimum absolute atomic E-state index is 0.0752. The van der Waals surface area contributed by atoms with E-state index in [9.17, 15) is 4.79 Å². The van der Waals surface area contributed by atoms with Gasteiger partial charge >= 0.3 is 0 Å². The summed E-state index contributed by atoms with van der Waals surface area (Å²) in [6, 6.07) is 0.0752. The van der Waals surface area contributed by atoms with E-state index in [1.165, 1.54) is 12.8 Å². The molecule has 2 aliphatic rings. The van der Waals surface area contributed by atoms with Gasteiger partial charge in [0.2, 0.25) is 5.91 Å². The standard InChI is InChI=1S/C13H21N3O/c1-2-5-15-6-8-16(9-7-15)13(17)10-12(14)11-3-4-11/h1,11-12H,3-10,14H2. The Kier molecular flexibility index (Phi) is 4.03. The molecule has 1 unspecified atom stereocenters. The molecule has 1 aliphatic heterocycles. The highest BCUT2D eigenvalue weighted by Crippen LogP contribution is 2.33. The molecule has 1 heterocycles. The lowest BCUT2D eigenvalue weighted by Crippen LogP contribution is -2.49. The SMILES string of the molecule is C#CCN1CCN(C(=O)CC(N)C2CC2)CC1. The van der Waals surface area contributed by atoms with Crippen LogP contribution in [-0.2, 0) is 4.79 Å². The molecule has 1 aliphatic carbocycles. The molecule has 0 radical (unpaired) electrons. The molecule has 4 nitrogen and oxygen atoms in total. The van der Waals surface area contributed by atoms with Crippen molar-refractivity contribution in [3.05, 3.63) is 0 Å². The van der Waals surface area contributed by atoms with Gasteiger partial charge in [-0.25, -0.2) is 0 Å². The van der Waals surface area contributed by atoms with Crippen LogP contribution in [0.15, 0.2) is 0 Å². The smallest absolute Gasteiger partial charge is 0.224 e. The highest BCUT2D eigenvalue weighted by Gasteiger charge is 2.31. The summed E-state index contributed by atoms with van der Waals surface area (Å²) in [7, 11) is 0. The number of carbonyl (C=O) groups is 1. The predicted molar refractivity (Wildman–Crippen MR) is 67.2 cm³/mol. The van der Waals surface area contributed by atoms with E-state index in [1.54, 1.807) is 0 Å². The van der Waals surface area contributed by atoms with Crippen LogP contribution in [0, 0.1) is 18.3 Å². The molecule has 0 spiro atoms. The van der Waals surface area contributed by atoms with E-state index in [4.69, 9.17) is 12.2 Å². The van der Waals surface area contributed by atoms with Gasteiger partial charge in [0.25, 0.3) is 0 Å². The largest absolute Gasteiger partial charge is 0.340 e. The quantitative estimate of drug-likeness (QED) is 0.692. The van der Waals surface area contributed by atoms with E-state index in [0.717, 1.165) is 26.2 Å². The Labute approximate surface area is 103 Å². The molecular weight excluding hydrogens is 214 g/mol. The van der Waals surface area contributed by atoms with Crippen LogP contribution in [0.3, 0.4) is 0 Å². The van der Waals surface area contributed by atoms with Crippen molar-refractivity contribution in [1.82, 2.24) is 9.80 Å². The molecule has 0 aromatic heterocycles. The van der Waals surface area contributed by atoms with Crippen LogP contribution in [0.5, 0.6) is 0 Å². The maximum atomic E-state index is 12.0. The van der Waals surface area contributed by atoms with Crippen LogP contribution >= 0.6 is 0 Å². The first-order valence-corrected chi connectivity index (χ1v) is 6.40. The molecule has 0 bridgehead atoms. The van der Waals surface area contributed by atoms with Crippen molar-refractivity contribution >= 4 is 5.91 Å². The third kappa shape index (κ3) is 3.45. The predicted octanol–water partition coefficient (Wildman–Crippen LogP) is -0.109. The van der Waals surface area contributed by atoms with Crippen molar-refractivity contribution in [1.29, 1.82) is 0 Å². The van der Waals surface area contributed by atoms with Crippen LogP contribution in [0.4, 0.5) is 0 Å². The summed E-state index contributed by atoms with van der Waals surface area (Å²) < 4.78 is 0. The molecule has 94 valence electrons. The number of nitrogens with two attached hydrogens (primary N) is 1. The summed E-state index contributed by atoms with van der Waals surface area (Å²) in [4.78, 5) is 16.1. The van der Waals surface area contributed by atoms with Crippen LogP contribution < -0.4 is 5.73 Å². The Bertz CT molecular complexity index is 311. The van der Waals surface area contributed by atoms with E-state index in [2.05, 4.69) is 10.8 Å².